The summed E-state index contributed by atoms with van der Waals surface area (Å²) in [6.07, 6.45) is 7.11. The molecule has 0 bridgehead atoms. The Morgan fingerprint density at radius 1 is 1.27 bits per heavy atom. The molecular formula is C20H37IN4O. The van der Waals surface area contributed by atoms with Crippen molar-refractivity contribution in [3.63, 3.8) is 0 Å². The van der Waals surface area contributed by atoms with Gasteiger partial charge in [-0.2, -0.15) is 0 Å². The lowest BCUT2D eigenvalue weighted by atomic mass is 9.46. The molecule has 2 saturated carbocycles. The third-order valence-corrected chi connectivity index (χ3v) is 7.53. The van der Waals surface area contributed by atoms with Crippen LogP contribution < -0.4 is 5.32 Å². The van der Waals surface area contributed by atoms with E-state index >= 15 is 0 Å². The maximum Gasteiger partial charge on any atom is 0.193 e. The number of guanidine groups is 1. The number of ether oxygens (including phenoxy) is 1. The summed E-state index contributed by atoms with van der Waals surface area (Å²) in [5.41, 5.74) is 0.428. The van der Waals surface area contributed by atoms with Crippen LogP contribution in [-0.4, -0.2) is 74.3 Å². The lowest BCUT2D eigenvalue weighted by Crippen LogP contribution is -2.72. The molecule has 4 fully saturated rings. The van der Waals surface area contributed by atoms with Crippen LogP contribution in [0.5, 0.6) is 0 Å². The Balaban J connectivity index is 0.00000196. The minimum Gasteiger partial charge on any atom is -0.377 e. The van der Waals surface area contributed by atoms with Crippen molar-refractivity contribution in [1.82, 2.24) is 15.1 Å². The van der Waals surface area contributed by atoms with Gasteiger partial charge in [-0.25, -0.2) is 0 Å². The highest BCUT2D eigenvalue weighted by Gasteiger charge is 2.66. The molecule has 4 atom stereocenters. The number of likely N-dealkylation sites (tertiary alicyclic amines) is 1. The number of aliphatic imine (C=N–C) groups is 1. The predicted molar refractivity (Wildman–Crippen MR) is 117 cm³/mol. The molecule has 0 radical (unpaired) electrons. The molecule has 150 valence electrons. The molecule has 1 N–H and O–H groups in total. The Kier molecular flexibility index (Phi) is 6.76. The standard InChI is InChI=1S/C20H36N4O.HI/c1-4-23(5-2)13-15-7-11-24(14-15)19(21-3)22-17-16-8-12-25-18(16)20(17)9-6-10-20;/h15-18H,4-14H2,1-3H3,(H,21,22);1H. The Morgan fingerprint density at radius 2 is 2.04 bits per heavy atom. The SMILES string of the molecule is CCN(CC)CC1CCN(C(=NC)NC2C3CCOC3C23CCC3)C1.I. The zero-order valence-corrected chi connectivity index (χ0v) is 19.1. The van der Waals surface area contributed by atoms with E-state index in [0.717, 1.165) is 44.7 Å². The number of halogens is 1. The predicted octanol–water partition coefficient (Wildman–Crippen LogP) is 2.80. The fourth-order valence-corrected chi connectivity index (χ4v) is 5.91. The number of hydrogen-bond donors (Lipinski definition) is 1. The van der Waals surface area contributed by atoms with Crippen LogP contribution in [0.3, 0.4) is 0 Å². The Morgan fingerprint density at radius 3 is 2.65 bits per heavy atom. The lowest BCUT2D eigenvalue weighted by Gasteiger charge is -2.63. The summed E-state index contributed by atoms with van der Waals surface area (Å²) in [6.45, 7) is 11.4. The first-order chi connectivity index (χ1) is 12.2. The molecule has 0 amide bonds. The molecule has 0 aromatic carbocycles. The van der Waals surface area contributed by atoms with Crippen molar-refractivity contribution in [2.75, 3.05) is 46.4 Å². The van der Waals surface area contributed by atoms with Crippen LogP contribution in [0.1, 0.15) is 46.0 Å². The molecule has 1 spiro atoms. The van der Waals surface area contributed by atoms with Crippen LogP contribution in [0.25, 0.3) is 0 Å². The van der Waals surface area contributed by atoms with E-state index in [1.807, 2.05) is 7.05 Å². The van der Waals surface area contributed by atoms with E-state index < -0.39 is 0 Å². The van der Waals surface area contributed by atoms with Crippen LogP contribution in [0, 0.1) is 17.3 Å². The number of rotatable bonds is 5. The molecule has 6 heteroatoms. The van der Waals surface area contributed by atoms with Gasteiger partial charge in [-0.15, -0.1) is 24.0 Å². The molecule has 0 aromatic heterocycles. The largest absolute Gasteiger partial charge is 0.377 e. The minimum absolute atomic E-state index is 0. The molecular weight excluding hydrogens is 439 g/mol. The minimum atomic E-state index is 0. The van der Waals surface area contributed by atoms with E-state index in [4.69, 9.17) is 4.74 Å². The summed E-state index contributed by atoms with van der Waals surface area (Å²) >= 11 is 0. The van der Waals surface area contributed by atoms with Gasteiger partial charge in [0.05, 0.1) is 6.10 Å². The number of fused-ring (bicyclic) bond motifs is 2. The van der Waals surface area contributed by atoms with Crippen LogP contribution >= 0.6 is 24.0 Å². The summed E-state index contributed by atoms with van der Waals surface area (Å²) in [5.74, 6) is 2.63. The zero-order chi connectivity index (χ0) is 17.4. The monoisotopic (exact) mass is 476 g/mol. The summed E-state index contributed by atoms with van der Waals surface area (Å²) in [7, 11) is 1.95. The van der Waals surface area contributed by atoms with Crippen LogP contribution in [-0.2, 0) is 4.74 Å². The van der Waals surface area contributed by atoms with Gasteiger partial charge in [-0.1, -0.05) is 20.3 Å². The van der Waals surface area contributed by atoms with Crippen molar-refractivity contribution in [3.05, 3.63) is 0 Å². The molecule has 5 nitrogen and oxygen atoms in total. The number of hydrogen-bond acceptors (Lipinski definition) is 3. The lowest BCUT2D eigenvalue weighted by molar-refractivity contribution is -0.171. The van der Waals surface area contributed by atoms with Crippen molar-refractivity contribution >= 4 is 29.9 Å². The molecule has 26 heavy (non-hydrogen) atoms. The zero-order valence-electron chi connectivity index (χ0n) is 16.7. The normalized spacial score (nSPS) is 35.1. The first-order valence-corrected chi connectivity index (χ1v) is 10.5. The highest BCUT2D eigenvalue weighted by atomic mass is 127. The molecule has 2 aliphatic heterocycles. The van der Waals surface area contributed by atoms with Crippen molar-refractivity contribution in [3.8, 4) is 0 Å². The third-order valence-electron chi connectivity index (χ3n) is 7.53. The Hall–Kier alpha value is -0.0800. The fourth-order valence-electron chi connectivity index (χ4n) is 5.91. The van der Waals surface area contributed by atoms with Crippen molar-refractivity contribution < 1.29 is 4.74 Å². The average molecular weight is 476 g/mol. The summed E-state index contributed by atoms with van der Waals surface area (Å²) in [6, 6.07) is 0.592. The van der Waals surface area contributed by atoms with E-state index in [-0.39, 0.29) is 24.0 Å². The molecule has 0 aromatic rings. The number of nitrogens with zero attached hydrogens (tertiary/aromatic N) is 3. The van der Waals surface area contributed by atoms with Crippen LogP contribution in [0.2, 0.25) is 0 Å². The molecule has 4 aliphatic rings. The van der Waals surface area contributed by atoms with Gasteiger partial charge in [0.1, 0.15) is 0 Å². The van der Waals surface area contributed by atoms with Crippen molar-refractivity contribution in [2.24, 2.45) is 22.2 Å². The smallest absolute Gasteiger partial charge is 0.193 e. The fraction of sp³-hybridized carbons (Fsp3) is 0.950. The van der Waals surface area contributed by atoms with E-state index in [2.05, 4.69) is 34.0 Å². The van der Waals surface area contributed by atoms with Gasteiger partial charge in [0.25, 0.3) is 0 Å². The van der Waals surface area contributed by atoms with Gasteiger partial charge in [0.2, 0.25) is 0 Å². The highest BCUT2D eigenvalue weighted by Crippen LogP contribution is 2.62. The second-order valence-electron chi connectivity index (χ2n) is 8.59. The van der Waals surface area contributed by atoms with Gasteiger partial charge in [-0.05, 0) is 44.7 Å². The topological polar surface area (TPSA) is 40.1 Å². The van der Waals surface area contributed by atoms with Gasteiger partial charge >= 0.3 is 0 Å². The molecule has 2 aliphatic carbocycles. The van der Waals surface area contributed by atoms with Crippen molar-refractivity contribution in [1.29, 1.82) is 0 Å². The van der Waals surface area contributed by atoms with Crippen LogP contribution in [0.15, 0.2) is 4.99 Å². The molecule has 2 heterocycles. The first kappa shape index (κ1) is 20.6. The molecule has 2 saturated heterocycles. The van der Waals surface area contributed by atoms with Crippen LogP contribution in [0.4, 0.5) is 0 Å². The maximum atomic E-state index is 6.07. The van der Waals surface area contributed by atoms with Gasteiger partial charge in [-0.3, -0.25) is 4.99 Å². The maximum absolute atomic E-state index is 6.07. The number of nitrogens with one attached hydrogen (secondary N) is 1. The van der Waals surface area contributed by atoms with Gasteiger partial charge in [0.15, 0.2) is 5.96 Å². The molecule has 4 rings (SSSR count). The average Bonchev–Trinajstić information content (AvgIpc) is 3.20. The van der Waals surface area contributed by atoms with E-state index in [1.54, 1.807) is 0 Å². The Labute approximate surface area is 176 Å². The van der Waals surface area contributed by atoms with E-state index in [9.17, 15) is 0 Å². The second-order valence-corrected chi connectivity index (χ2v) is 8.59. The third kappa shape index (κ3) is 3.39. The summed E-state index contributed by atoms with van der Waals surface area (Å²) in [4.78, 5) is 9.72. The Bertz CT molecular complexity index is 506. The quantitative estimate of drug-likeness (QED) is 0.377. The van der Waals surface area contributed by atoms with Crippen molar-refractivity contribution in [2.45, 2.75) is 58.1 Å². The van der Waals surface area contributed by atoms with Gasteiger partial charge < -0.3 is 19.9 Å². The highest BCUT2D eigenvalue weighted by molar-refractivity contribution is 14.0. The van der Waals surface area contributed by atoms with E-state index in [1.165, 1.54) is 38.6 Å². The van der Waals surface area contributed by atoms with Gasteiger partial charge in [0, 0.05) is 50.7 Å². The van der Waals surface area contributed by atoms with E-state index in [0.29, 0.717) is 23.5 Å². The second kappa shape index (κ2) is 8.52. The molecule has 4 unspecified atom stereocenters. The first-order valence-electron chi connectivity index (χ1n) is 10.5. The summed E-state index contributed by atoms with van der Waals surface area (Å²) < 4.78 is 6.07. The summed E-state index contributed by atoms with van der Waals surface area (Å²) in [5, 5.41) is 3.89.